The van der Waals surface area contributed by atoms with Crippen molar-refractivity contribution in [2.75, 3.05) is 65.8 Å². The number of phenols is 2. The van der Waals surface area contributed by atoms with Gasteiger partial charge in [-0.3, -0.25) is 29.0 Å². The zero-order valence-electron chi connectivity index (χ0n) is 42.7. The van der Waals surface area contributed by atoms with Crippen LogP contribution in [0.3, 0.4) is 0 Å². The number of esters is 1. The number of phenolic OH excluding ortho intramolecular Hbond substituents is 2. The number of ketones is 1. The fourth-order valence-electron chi connectivity index (χ4n) is 7.20. The molecule has 1 spiro atoms. The van der Waals surface area contributed by atoms with E-state index in [2.05, 4.69) is 26.3 Å². The summed E-state index contributed by atoms with van der Waals surface area (Å²) in [5, 5.41) is 45.1. The number of guanidine groups is 1. The molecule has 0 radical (unpaired) electrons. The number of halogens is 6. The second-order valence-corrected chi connectivity index (χ2v) is 17.1. The van der Waals surface area contributed by atoms with Crippen molar-refractivity contribution in [2.45, 2.75) is 75.5 Å². The van der Waals surface area contributed by atoms with Crippen molar-refractivity contribution in [1.29, 1.82) is 0 Å². The Morgan fingerprint density at radius 1 is 0.688 bits per heavy atom. The molecule has 0 unspecified atom stereocenters. The van der Waals surface area contributed by atoms with Crippen LogP contribution in [0.4, 0.5) is 26.3 Å². The number of carboxylic acid groups (broad SMARTS) is 2. The van der Waals surface area contributed by atoms with Crippen molar-refractivity contribution in [1.82, 2.24) is 21.3 Å². The zero-order valence-corrected chi connectivity index (χ0v) is 42.7. The largest absolute Gasteiger partial charge is 0.508 e. The van der Waals surface area contributed by atoms with Gasteiger partial charge in [0.2, 0.25) is 17.7 Å². The van der Waals surface area contributed by atoms with E-state index in [0.717, 1.165) is 0 Å². The third-order valence-electron chi connectivity index (χ3n) is 11.0. The number of aliphatic imine (C=N–C) groups is 1. The summed E-state index contributed by atoms with van der Waals surface area (Å²) < 4.78 is 92.2. The summed E-state index contributed by atoms with van der Waals surface area (Å²) in [5.41, 5.74) is 17.0. The number of hydrogen-bond donors (Lipinski definition) is 11. The Hall–Kier alpha value is -8.29. The molecule has 4 amide bonds. The van der Waals surface area contributed by atoms with Crippen LogP contribution in [0.25, 0.3) is 0 Å². The second-order valence-electron chi connectivity index (χ2n) is 17.1. The molecule has 80 heavy (non-hydrogen) atoms. The minimum Gasteiger partial charge on any atom is -0.508 e. The lowest BCUT2D eigenvalue weighted by Crippen LogP contribution is -2.48. The summed E-state index contributed by atoms with van der Waals surface area (Å²) >= 11 is 0. The molecular formula is C49H60F6N8O17. The highest BCUT2D eigenvalue weighted by Crippen LogP contribution is 2.57. The van der Waals surface area contributed by atoms with Gasteiger partial charge in [-0.2, -0.15) is 26.3 Å². The molecule has 0 aromatic heterocycles. The first kappa shape index (κ1) is 66.0. The smallest absolute Gasteiger partial charge is 0.490 e. The van der Waals surface area contributed by atoms with E-state index >= 15 is 0 Å². The number of carbonyl (C=O) groups excluding carboxylic acids is 6. The minimum absolute atomic E-state index is 0.0106. The first-order valence-electron chi connectivity index (χ1n) is 24.1. The number of aromatic hydroxyl groups is 2. The number of alkyl halides is 6. The highest BCUT2D eigenvalue weighted by molar-refractivity contribution is 6.02. The van der Waals surface area contributed by atoms with Crippen LogP contribution in [0.1, 0.15) is 82.9 Å². The molecule has 0 saturated carbocycles. The van der Waals surface area contributed by atoms with Gasteiger partial charge in [-0.05, 0) is 75.4 Å². The van der Waals surface area contributed by atoms with Crippen LogP contribution in [-0.4, -0.2) is 164 Å². The minimum atomic E-state index is -5.08. The summed E-state index contributed by atoms with van der Waals surface area (Å²) in [4.78, 5) is 96.6. The van der Waals surface area contributed by atoms with E-state index in [0.29, 0.717) is 102 Å². The Morgan fingerprint density at radius 2 is 1.19 bits per heavy atom. The number of carbonyl (C=O) groups is 8. The summed E-state index contributed by atoms with van der Waals surface area (Å²) in [7, 11) is 0. The number of fused-ring (bicyclic) bond motifs is 6. The van der Waals surface area contributed by atoms with Crippen molar-refractivity contribution in [3.05, 3.63) is 82.4 Å². The van der Waals surface area contributed by atoms with E-state index < -0.39 is 59.8 Å². The second kappa shape index (κ2) is 31.3. The first-order chi connectivity index (χ1) is 37.6. The van der Waals surface area contributed by atoms with E-state index in [1.165, 1.54) is 37.3 Å². The van der Waals surface area contributed by atoms with E-state index in [-0.39, 0.29) is 77.1 Å². The Kier molecular flexibility index (Phi) is 25.9. The average molecular weight is 1150 g/mol. The molecule has 2 atom stereocenters. The third kappa shape index (κ3) is 21.2. The molecule has 2 aliphatic heterocycles. The topological polar surface area (TPSA) is 402 Å². The van der Waals surface area contributed by atoms with Crippen LogP contribution >= 0.6 is 0 Å². The van der Waals surface area contributed by atoms with Crippen molar-refractivity contribution >= 4 is 53.3 Å². The monoisotopic (exact) mass is 1150 g/mol. The predicted molar refractivity (Wildman–Crippen MR) is 265 cm³/mol. The van der Waals surface area contributed by atoms with Gasteiger partial charge in [-0.1, -0.05) is 6.07 Å². The number of Topliss-reactive ketones (excluding diaryl/α,β-unsaturated/α-hetero) is 1. The van der Waals surface area contributed by atoms with Crippen LogP contribution in [0, 0.1) is 0 Å². The number of nitrogens with zero attached hydrogens (tertiary/aromatic N) is 1. The fourth-order valence-corrected chi connectivity index (χ4v) is 7.20. The highest BCUT2D eigenvalue weighted by atomic mass is 19.4. The van der Waals surface area contributed by atoms with Crippen LogP contribution < -0.4 is 43.2 Å². The number of carboxylic acids is 2. The number of nitrogens with one attached hydrogen (secondary N) is 4. The standard InChI is InChI=1S/C45H58N8O13.2C2HF3O2/c1-27(54)36(5-2-14-51-44(47)48)53-40(58)26-52-42(60)35(46)12-13-39(57)49-15-3-17-62-19-21-64-22-20-63-18-4-16-50-41(59)28-6-9-32-31(23-28)43(61)66-45(32)33-10-7-29(55)24-37(33)65-38-25-30(56)8-11-34(38)45;2*3-2(4,5)1(6)7/h6-11,23-25,35-36,55-56H,2-5,12-22,26,46H2,1H3,(H,49,57)(H,50,59)(H,52,60)(H,53,58)(H4,47,48,51);2*(H,6,7)/t35-,36-;;/m0../s1. The maximum atomic E-state index is 13.3. The molecule has 440 valence electrons. The van der Waals surface area contributed by atoms with E-state index in [1.54, 1.807) is 24.3 Å². The average Bonchev–Trinajstić information content (AvgIpc) is 3.68. The van der Waals surface area contributed by atoms with E-state index in [9.17, 15) is 65.3 Å². The van der Waals surface area contributed by atoms with Gasteiger partial charge < -0.3 is 82.6 Å². The number of rotatable bonds is 27. The van der Waals surface area contributed by atoms with Gasteiger partial charge in [0, 0.05) is 73.7 Å². The van der Waals surface area contributed by atoms with Gasteiger partial charge in [-0.15, -0.1) is 0 Å². The van der Waals surface area contributed by atoms with E-state index in [4.69, 9.17) is 60.7 Å². The Bertz CT molecular complexity index is 2610. The van der Waals surface area contributed by atoms with Gasteiger partial charge in [0.1, 0.15) is 23.0 Å². The Balaban J connectivity index is 0.00000106. The lowest BCUT2D eigenvalue weighted by molar-refractivity contribution is -0.193. The number of ether oxygens (including phenoxy) is 5. The van der Waals surface area contributed by atoms with Crippen molar-refractivity contribution in [3.63, 3.8) is 0 Å². The lowest BCUT2D eigenvalue weighted by Gasteiger charge is -2.36. The molecule has 0 bridgehead atoms. The van der Waals surface area contributed by atoms with Crippen LogP contribution in [0.2, 0.25) is 0 Å². The van der Waals surface area contributed by atoms with Crippen molar-refractivity contribution in [3.8, 4) is 23.0 Å². The predicted octanol–water partition coefficient (Wildman–Crippen LogP) is 1.96. The van der Waals surface area contributed by atoms with Crippen LogP contribution in [0.5, 0.6) is 23.0 Å². The molecule has 3 aromatic rings. The number of benzene rings is 3. The molecule has 5 rings (SSSR count). The zero-order chi connectivity index (χ0) is 59.8. The highest BCUT2D eigenvalue weighted by Gasteiger charge is 2.54. The van der Waals surface area contributed by atoms with E-state index in [1.807, 2.05) is 0 Å². The summed E-state index contributed by atoms with van der Waals surface area (Å²) in [6.07, 6.45) is -8.20. The maximum absolute atomic E-state index is 13.3. The SMILES string of the molecule is CC(=O)[C@H](CCCN=C(N)N)NC(=O)CNC(=O)[C@@H](N)CCC(=O)NCCCOCCOCCOCCCNC(=O)c1ccc2c(c1)C(=O)OC21c2ccc(O)cc2Oc2cc(O)ccc21.O=C(O)C(F)(F)F.O=C(O)C(F)(F)F. The third-order valence-corrected chi connectivity index (χ3v) is 11.0. The van der Waals surface area contributed by atoms with Gasteiger partial charge in [0.25, 0.3) is 5.91 Å². The number of aliphatic carboxylic acids is 2. The molecule has 3 aromatic carbocycles. The maximum Gasteiger partial charge on any atom is 0.490 e. The van der Waals surface area contributed by atoms with Crippen molar-refractivity contribution in [2.24, 2.45) is 22.2 Å². The normalized spacial score (nSPS) is 13.3. The number of amides is 4. The summed E-state index contributed by atoms with van der Waals surface area (Å²) in [6, 6.07) is 12.0. The lowest BCUT2D eigenvalue weighted by atomic mass is 9.77. The van der Waals surface area contributed by atoms with Gasteiger partial charge >= 0.3 is 30.3 Å². The summed E-state index contributed by atoms with van der Waals surface area (Å²) in [6.45, 7) is 4.13. The number of nitrogens with two attached hydrogens (primary N) is 3. The number of hydrogen-bond acceptors (Lipinski definition) is 17. The molecule has 25 nitrogen and oxygen atoms in total. The van der Waals surface area contributed by atoms with Gasteiger partial charge in [0.15, 0.2) is 17.3 Å². The van der Waals surface area contributed by atoms with Crippen molar-refractivity contribution < 1.29 is 109 Å². The van der Waals surface area contributed by atoms with Gasteiger partial charge in [-0.25, -0.2) is 14.4 Å². The molecule has 31 heteroatoms. The fraction of sp³-hybridized carbons (Fsp3) is 0.449. The molecular weight excluding hydrogens is 1090 g/mol. The van der Waals surface area contributed by atoms with Crippen LogP contribution in [-0.2, 0) is 53.3 Å². The summed E-state index contributed by atoms with van der Waals surface area (Å²) in [5.74, 6) is -7.86. The molecule has 14 N–H and O–H groups in total. The van der Waals surface area contributed by atoms with Crippen LogP contribution in [0.15, 0.2) is 59.6 Å². The molecule has 0 saturated heterocycles. The molecule has 0 aliphatic carbocycles. The molecule has 2 heterocycles. The quantitative estimate of drug-likeness (QED) is 0.0171. The molecule has 2 aliphatic rings. The Labute approximate surface area is 451 Å². The van der Waals surface area contributed by atoms with Gasteiger partial charge in [0.05, 0.1) is 50.6 Å². The Morgan fingerprint density at radius 3 is 1.69 bits per heavy atom. The molecule has 0 fully saturated rings. The first-order valence-corrected chi connectivity index (χ1v) is 24.1.